The number of likely N-dealkylation sites (N-methyl/N-ethyl adjacent to an activating group) is 1. The first-order valence-electron chi connectivity index (χ1n) is 11.4. The summed E-state index contributed by atoms with van der Waals surface area (Å²) < 4.78 is 0. The minimum atomic E-state index is -0.470. The SMILES string of the molecule is CN1/C(=C\C(=O)c2ccccn2)C(Cc2ccccc2)(Cc2ccccc2)c2cc(Cl)ccc21. The lowest BCUT2D eigenvalue weighted by atomic mass is 9.70. The van der Waals surface area contributed by atoms with E-state index in [9.17, 15) is 4.79 Å². The predicted molar refractivity (Wildman–Crippen MR) is 138 cm³/mol. The van der Waals surface area contributed by atoms with Crippen LogP contribution in [0, 0.1) is 0 Å². The molecule has 1 aromatic heterocycles. The molecule has 0 radical (unpaired) electrons. The normalized spacial score (nSPS) is 15.4. The summed E-state index contributed by atoms with van der Waals surface area (Å²) in [6, 6.07) is 32.3. The fraction of sp³-hybridized carbons (Fsp3) is 0.133. The quantitative estimate of drug-likeness (QED) is 0.236. The second kappa shape index (κ2) is 9.28. The minimum Gasteiger partial charge on any atom is -0.347 e. The van der Waals surface area contributed by atoms with E-state index < -0.39 is 5.41 Å². The van der Waals surface area contributed by atoms with Crippen molar-refractivity contribution in [3.05, 3.63) is 142 Å². The molecule has 3 aromatic carbocycles. The molecule has 0 atom stereocenters. The molecule has 0 bridgehead atoms. The highest BCUT2D eigenvalue weighted by atomic mass is 35.5. The van der Waals surface area contributed by atoms with Gasteiger partial charge in [-0.1, -0.05) is 78.3 Å². The van der Waals surface area contributed by atoms with Crippen molar-refractivity contribution in [3.8, 4) is 0 Å². The third-order valence-corrected chi connectivity index (χ3v) is 6.80. The van der Waals surface area contributed by atoms with E-state index in [-0.39, 0.29) is 5.78 Å². The van der Waals surface area contributed by atoms with Gasteiger partial charge in [-0.15, -0.1) is 0 Å². The molecule has 5 rings (SSSR count). The van der Waals surface area contributed by atoms with Crippen molar-refractivity contribution in [2.45, 2.75) is 18.3 Å². The Kier molecular flexibility index (Phi) is 6.04. The highest BCUT2D eigenvalue weighted by Gasteiger charge is 2.46. The Morgan fingerprint density at radius 3 is 2.09 bits per heavy atom. The molecule has 0 N–H and O–H groups in total. The lowest BCUT2D eigenvalue weighted by Gasteiger charge is -2.33. The van der Waals surface area contributed by atoms with Crippen LogP contribution in [0.3, 0.4) is 0 Å². The fourth-order valence-corrected chi connectivity index (χ4v) is 5.21. The van der Waals surface area contributed by atoms with Crippen molar-refractivity contribution < 1.29 is 4.79 Å². The number of aromatic nitrogens is 1. The Bertz CT molecular complexity index is 1290. The number of hydrogen-bond donors (Lipinski definition) is 0. The van der Waals surface area contributed by atoms with Gasteiger partial charge in [0.05, 0.1) is 0 Å². The van der Waals surface area contributed by atoms with E-state index in [4.69, 9.17) is 11.6 Å². The first-order chi connectivity index (χ1) is 16.6. The van der Waals surface area contributed by atoms with Crippen molar-refractivity contribution in [2.24, 2.45) is 0 Å². The number of ketones is 1. The zero-order valence-corrected chi connectivity index (χ0v) is 19.7. The molecule has 1 aliphatic heterocycles. The second-order valence-corrected chi connectivity index (χ2v) is 9.17. The minimum absolute atomic E-state index is 0.105. The van der Waals surface area contributed by atoms with E-state index >= 15 is 0 Å². The van der Waals surface area contributed by atoms with E-state index in [1.54, 1.807) is 18.3 Å². The molecule has 34 heavy (non-hydrogen) atoms. The summed E-state index contributed by atoms with van der Waals surface area (Å²) in [5.41, 5.74) is 5.53. The predicted octanol–water partition coefficient (Wildman–Crippen LogP) is 6.67. The van der Waals surface area contributed by atoms with Crippen LogP contribution < -0.4 is 4.90 Å². The Balaban J connectivity index is 1.73. The Morgan fingerprint density at radius 1 is 0.882 bits per heavy atom. The van der Waals surface area contributed by atoms with Gasteiger partial charge in [-0.05, 0) is 59.9 Å². The lowest BCUT2D eigenvalue weighted by Crippen LogP contribution is -2.35. The van der Waals surface area contributed by atoms with Crippen LogP contribution in [-0.2, 0) is 18.3 Å². The highest BCUT2D eigenvalue weighted by molar-refractivity contribution is 6.30. The van der Waals surface area contributed by atoms with Crippen LogP contribution in [-0.4, -0.2) is 17.8 Å². The van der Waals surface area contributed by atoms with E-state index in [0.29, 0.717) is 10.7 Å². The summed E-state index contributed by atoms with van der Waals surface area (Å²) in [5.74, 6) is -0.105. The van der Waals surface area contributed by atoms with Crippen LogP contribution in [0.1, 0.15) is 27.2 Å². The highest BCUT2D eigenvalue weighted by Crippen LogP contribution is 2.51. The number of hydrogen-bond acceptors (Lipinski definition) is 3. The molecule has 0 unspecified atom stereocenters. The summed E-state index contributed by atoms with van der Waals surface area (Å²) in [6.07, 6.45) is 4.89. The van der Waals surface area contributed by atoms with Gasteiger partial charge in [0.1, 0.15) is 5.69 Å². The van der Waals surface area contributed by atoms with E-state index in [0.717, 1.165) is 29.8 Å². The maximum absolute atomic E-state index is 13.4. The van der Waals surface area contributed by atoms with Crippen LogP contribution >= 0.6 is 11.6 Å². The van der Waals surface area contributed by atoms with Gasteiger partial charge in [0.25, 0.3) is 0 Å². The van der Waals surface area contributed by atoms with Crippen molar-refractivity contribution in [1.29, 1.82) is 0 Å². The first-order valence-corrected chi connectivity index (χ1v) is 11.7. The van der Waals surface area contributed by atoms with Crippen molar-refractivity contribution >= 4 is 23.1 Å². The van der Waals surface area contributed by atoms with Gasteiger partial charge < -0.3 is 4.90 Å². The van der Waals surface area contributed by atoms with Crippen molar-refractivity contribution in [1.82, 2.24) is 4.98 Å². The number of halogens is 1. The average Bonchev–Trinajstić information content (AvgIpc) is 3.08. The maximum atomic E-state index is 13.4. The standard InChI is InChI=1S/C30H25ClN2O/c1-33-27-16-15-24(31)18-25(27)30(20-22-10-4-2-5-11-22,21-23-12-6-3-7-13-23)29(33)19-28(34)26-14-8-9-17-32-26/h2-19H,20-21H2,1H3/b29-19-. The molecule has 2 heterocycles. The van der Waals surface area contributed by atoms with Gasteiger partial charge in [0.15, 0.2) is 0 Å². The number of carbonyl (C=O) groups is 1. The van der Waals surface area contributed by atoms with Crippen LogP contribution in [0.15, 0.2) is 115 Å². The summed E-state index contributed by atoms with van der Waals surface area (Å²) in [7, 11) is 2.03. The number of carbonyl (C=O) groups excluding carboxylic acids is 1. The van der Waals surface area contributed by atoms with Gasteiger partial charge in [0, 0.05) is 41.1 Å². The molecule has 0 aliphatic carbocycles. The number of anilines is 1. The summed E-state index contributed by atoms with van der Waals surface area (Å²) >= 11 is 6.54. The topological polar surface area (TPSA) is 33.2 Å². The summed E-state index contributed by atoms with van der Waals surface area (Å²) in [5, 5.41) is 0.690. The molecule has 0 saturated heterocycles. The van der Waals surface area contributed by atoms with E-state index in [1.165, 1.54) is 11.1 Å². The zero-order chi connectivity index (χ0) is 23.5. The average molecular weight is 465 g/mol. The molecule has 3 nitrogen and oxygen atoms in total. The molecule has 1 aliphatic rings. The van der Waals surface area contributed by atoms with Crippen LogP contribution in [0.5, 0.6) is 0 Å². The van der Waals surface area contributed by atoms with Crippen molar-refractivity contribution in [3.63, 3.8) is 0 Å². The van der Waals surface area contributed by atoms with Gasteiger partial charge in [-0.25, -0.2) is 0 Å². The molecule has 0 amide bonds. The third-order valence-electron chi connectivity index (χ3n) is 6.57. The zero-order valence-electron chi connectivity index (χ0n) is 19.0. The third kappa shape index (κ3) is 4.15. The monoisotopic (exact) mass is 464 g/mol. The van der Waals surface area contributed by atoms with Crippen LogP contribution in [0.25, 0.3) is 0 Å². The molecular formula is C30H25ClN2O. The summed E-state index contributed by atoms with van der Waals surface area (Å²) in [6.45, 7) is 0. The van der Waals surface area contributed by atoms with Crippen LogP contribution in [0.4, 0.5) is 5.69 Å². The number of fused-ring (bicyclic) bond motifs is 1. The van der Waals surface area contributed by atoms with Gasteiger partial charge in [-0.3, -0.25) is 9.78 Å². The smallest absolute Gasteiger partial charge is 0.205 e. The molecule has 4 aromatic rings. The van der Waals surface area contributed by atoms with E-state index in [2.05, 4.69) is 70.5 Å². The number of allylic oxidation sites excluding steroid dienone is 2. The van der Waals surface area contributed by atoms with Crippen molar-refractivity contribution in [2.75, 3.05) is 11.9 Å². The second-order valence-electron chi connectivity index (χ2n) is 8.74. The number of pyridine rings is 1. The van der Waals surface area contributed by atoms with Gasteiger partial charge in [0.2, 0.25) is 5.78 Å². The largest absolute Gasteiger partial charge is 0.347 e. The maximum Gasteiger partial charge on any atom is 0.205 e. The Hall–Kier alpha value is -3.69. The van der Waals surface area contributed by atoms with Gasteiger partial charge in [-0.2, -0.15) is 0 Å². The molecule has 168 valence electrons. The Labute approximate surface area is 205 Å². The van der Waals surface area contributed by atoms with E-state index in [1.807, 2.05) is 37.4 Å². The fourth-order valence-electron chi connectivity index (χ4n) is 5.04. The summed E-state index contributed by atoms with van der Waals surface area (Å²) in [4.78, 5) is 19.8. The molecule has 0 fully saturated rings. The number of rotatable bonds is 6. The van der Waals surface area contributed by atoms with Gasteiger partial charge >= 0.3 is 0 Å². The number of benzene rings is 3. The molecule has 0 saturated carbocycles. The molecular weight excluding hydrogens is 440 g/mol. The Morgan fingerprint density at radius 2 is 1.50 bits per heavy atom. The first kappa shape index (κ1) is 22.1. The van der Waals surface area contributed by atoms with Crippen LogP contribution in [0.2, 0.25) is 5.02 Å². The molecule has 0 spiro atoms. The number of nitrogens with zero attached hydrogens (tertiary/aromatic N) is 2. The lowest BCUT2D eigenvalue weighted by molar-refractivity contribution is 0.104. The molecule has 4 heteroatoms.